The second kappa shape index (κ2) is 8.15. The maximum Gasteiger partial charge on any atom is 0.126 e. The van der Waals surface area contributed by atoms with Crippen molar-refractivity contribution in [3.63, 3.8) is 0 Å². The number of aliphatic hydroxyl groups excluding tert-OH is 2. The first-order valence-electron chi connectivity index (χ1n) is 10.1. The van der Waals surface area contributed by atoms with Crippen LogP contribution in [0.15, 0.2) is 36.4 Å². The van der Waals surface area contributed by atoms with E-state index in [-0.39, 0.29) is 5.60 Å². The summed E-state index contributed by atoms with van der Waals surface area (Å²) in [6.45, 7) is 4.14. The molecule has 0 saturated carbocycles. The first kappa shape index (κ1) is 20.5. The number of β-amino-alcohol motifs (C(OH)–C–C–N with tert-alkyl or cyclic N) is 1. The standard InChI is InChI=1S/C23H28ClNO4/c1-15-10-22-18(12-19(15)24)20(26)13-23(29-22)6-8-25(9-7-23)14-21(27)16-4-3-5-17(11-16)28-2/h3-5,10-12,20-21,26-27H,6-9,13-14H2,1-2H3/t20-,21+/m1/s1. The minimum atomic E-state index is -0.567. The second-order valence-corrected chi connectivity index (χ2v) is 8.64. The van der Waals surface area contributed by atoms with Crippen LogP contribution in [0.25, 0.3) is 0 Å². The van der Waals surface area contributed by atoms with E-state index in [0.29, 0.717) is 18.0 Å². The SMILES string of the molecule is COc1cccc([C@@H](O)CN2CCC3(CC2)C[C@@H](O)c2cc(Cl)c(C)cc2O3)c1. The molecule has 1 spiro atoms. The highest BCUT2D eigenvalue weighted by Gasteiger charge is 2.43. The maximum absolute atomic E-state index is 10.7. The molecule has 1 fully saturated rings. The first-order valence-corrected chi connectivity index (χ1v) is 10.5. The summed E-state index contributed by atoms with van der Waals surface area (Å²) in [4.78, 5) is 2.26. The molecule has 2 aliphatic heterocycles. The minimum Gasteiger partial charge on any atom is -0.497 e. The zero-order chi connectivity index (χ0) is 20.6. The Balaban J connectivity index is 1.40. The number of likely N-dealkylation sites (tertiary alicyclic amines) is 1. The number of aryl methyl sites for hydroxylation is 1. The number of methoxy groups -OCH3 is 1. The number of fused-ring (bicyclic) bond motifs is 1. The molecule has 6 heteroatoms. The Bertz CT molecular complexity index is 879. The van der Waals surface area contributed by atoms with Crippen LogP contribution >= 0.6 is 11.6 Å². The molecule has 2 aliphatic rings. The van der Waals surface area contributed by atoms with Crippen LogP contribution in [0.2, 0.25) is 5.02 Å². The molecule has 2 aromatic rings. The van der Waals surface area contributed by atoms with Crippen molar-refractivity contribution in [3.8, 4) is 11.5 Å². The first-order chi connectivity index (χ1) is 13.9. The average molecular weight is 418 g/mol. The summed E-state index contributed by atoms with van der Waals surface area (Å²) < 4.78 is 11.7. The van der Waals surface area contributed by atoms with Gasteiger partial charge >= 0.3 is 0 Å². The van der Waals surface area contributed by atoms with Crippen molar-refractivity contribution in [2.75, 3.05) is 26.7 Å². The molecule has 2 aromatic carbocycles. The molecule has 0 radical (unpaired) electrons. The van der Waals surface area contributed by atoms with Gasteiger partial charge in [-0.25, -0.2) is 0 Å². The number of piperidine rings is 1. The third kappa shape index (κ3) is 4.24. The normalized spacial score (nSPS) is 22.0. The molecule has 2 N–H and O–H groups in total. The van der Waals surface area contributed by atoms with Gasteiger partial charge in [0.1, 0.15) is 17.1 Å². The lowest BCUT2D eigenvalue weighted by Gasteiger charge is -2.46. The molecule has 156 valence electrons. The number of nitrogens with zero attached hydrogens (tertiary/aromatic N) is 1. The Morgan fingerprint density at radius 2 is 2.03 bits per heavy atom. The summed E-state index contributed by atoms with van der Waals surface area (Å²) >= 11 is 6.22. The minimum absolute atomic E-state index is 0.357. The van der Waals surface area contributed by atoms with Crippen LogP contribution < -0.4 is 9.47 Å². The Hall–Kier alpha value is -1.79. The van der Waals surface area contributed by atoms with E-state index in [2.05, 4.69) is 4.90 Å². The topological polar surface area (TPSA) is 62.2 Å². The molecule has 0 unspecified atom stereocenters. The van der Waals surface area contributed by atoms with E-state index < -0.39 is 12.2 Å². The van der Waals surface area contributed by atoms with Gasteiger partial charge in [-0.15, -0.1) is 0 Å². The van der Waals surface area contributed by atoms with E-state index in [0.717, 1.165) is 54.1 Å². The van der Waals surface area contributed by atoms with Crippen LogP contribution in [0.3, 0.4) is 0 Å². The summed E-state index contributed by atoms with van der Waals surface area (Å²) in [6.07, 6.45) is 1.07. The monoisotopic (exact) mass is 417 g/mol. The lowest BCUT2D eigenvalue weighted by Crippen LogP contribution is -2.51. The van der Waals surface area contributed by atoms with Crippen molar-refractivity contribution in [2.24, 2.45) is 0 Å². The summed E-state index contributed by atoms with van der Waals surface area (Å²) in [5, 5.41) is 22.0. The van der Waals surface area contributed by atoms with Gasteiger partial charge in [-0.05, 0) is 55.2 Å². The molecule has 29 heavy (non-hydrogen) atoms. The number of hydrogen-bond donors (Lipinski definition) is 2. The quantitative estimate of drug-likeness (QED) is 0.786. The second-order valence-electron chi connectivity index (χ2n) is 8.24. The summed E-state index contributed by atoms with van der Waals surface area (Å²) in [5.74, 6) is 1.49. The highest BCUT2D eigenvalue weighted by atomic mass is 35.5. The molecule has 0 aromatic heterocycles. The van der Waals surface area contributed by atoms with Crippen molar-refractivity contribution >= 4 is 11.6 Å². The summed E-state index contributed by atoms with van der Waals surface area (Å²) in [6, 6.07) is 11.3. The Kier molecular flexibility index (Phi) is 5.76. The number of aliphatic hydroxyl groups is 2. The smallest absolute Gasteiger partial charge is 0.126 e. The number of rotatable bonds is 4. The molecular weight excluding hydrogens is 390 g/mol. The predicted octanol–water partition coefficient (Wildman–Crippen LogP) is 4.04. The van der Waals surface area contributed by atoms with E-state index in [1.54, 1.807) is 7.11 Å². The van der Waals surface area contributed by atoms with Gasteiger partial charge < -0.3 is 24.6 Å². The van der Waals surface area contributed by atoms with Crippen LogP contribution in [-0.2, 0) is 0 Å². The van der Waals surface area contributed by atoms with Crippen LogP contribution in [0.4, 0.5) is 0 Å². The molecule has 2 heterocycles. The van der Waals surface area contributed by atoms with E-state index >= 15 is 0 Å². The fourth-order valence-corrected chi connectivity index (χ4v) is 4.58. The fraction of sp³-hybridized carbons (Fsp3) is 0.478. The van der Waals surface area contributed by atoms with Crippen molar-refractivity contribution in [1.82, 2.24) is 4.90 Å². The Morgan fingerprint density at radius 1 is 1.28 bits per heavy atom. The van der Waals surface area contributed by atoms with Crippen molar-refractivity contribution in [1.29, 1.82) is 0 Å². The van der Waals surface area contributed by atoms with Gasteiger partial charge in [0.2, 0.25) is 0 Å². The number of ether oxygens (including phenoxy) is 2. The molecular formula is C23H28ClNO4. The van der Waals surface area contributed by atoms with Gasteiger partial charge in [-0.1, -0.05) is 23.7 Å². The van der Waals surface area contributed by atoms with Gasteiger partial charge in [0.15, 0.2) is 0 Å². The zero-order valence-electron chi connectivity index (χ0n) is 16.9. The lowest BCUT2D eigenvalue weighted by molar-refractivity contribution is -0.0588. The van der Waals surface area contributed by atoms with Crippen LogP contribution in [0.1, 0.15) is 48.2 Å². The molecule has 5 nitrogen and oxygen atoms in total. The van der Waals surface area contributed by atoms with Crippen molar-refractivity contribution < 1.29 is 19.7 Å². The molecule has 0 amide bonds. The number of hydrogen-bond acceptors (Lipinski definition) is 5. The van der Waals surface area contributed by atoms with Crippen LogP contribution in [-0.4, -0.2) is 47.5 Å². The molecule has 1 saturated heterocycles. The van der Waals surface area contributed by atoms with E-state index in [1.165, 1.54) is 0 Å². The Morgan fingerprint density at radius 3 is 2.76 bits per heavy atom. The highest BCUT2D eigenvalue weighted by Crippen LogP contribution is 2.45. The summed E-state index contributed by atoms with van der Waals surface area (Å²) in [5.41, 5.74) is 2.23. The van der Waals surface area contributed by atoms with E-state index in [1.807, 2.05) is 43.3 Å². The van der Waals surface area contributed by atoms with Gasteiger partial charge in [0, 0.05) is 36.6 Å². The lowest BCUT2D eigenvalue weighted by atomic mass is 9.81. The van der Waals surface area contributed by atoms with Gasteiger partial charge in [-0.3, -0.25) is 0 Å². The maximum atomic E-state index is 10.7. The van der Waals surface area contributed by atoms with Crippen LogP contribution in [0, 0.1) is 6.92 Å². The van der Waals surface area contributed by atoms with E-state index in [9.17, 15) is 10.2 Å². The van der Waals surface area contributed by atoms with Crippen molar-refractivity contribution in [3.05, 3.63) is 58.1 Å². The summed E-state index contributed by atoms with van der Waals surface area (Å²) in [7, 11) is 1.63. The van der Waals surface area contributed by atoms with Crippen LogP contribution in [0.5, 0.6) is 11.5 Å². The van der Waals surface area contributed by atoms with Crippen molar-refractivity contribution in [2.45, 2.75) is 44.0 Å². The largest absolute Gasteiger partial charge is 0.497 e. The van der Waals surface area contributed by atoms with Gasteiger partial charge in [0.05, 0.1) is 19.3 Å². The molecule has 4 rings (SSSR count). The van der Waals surface area contributed by atoms with E-state index in [4.69, 9.17) is 21.1 Å². The molecule has 0 aliphatic carbocycles. The van der Waals surface area contributed by atoms with Gasteiger partial charge in [-0.2, -0.15) is 0 Å². The number of benzene rings is 2. The van der Waals surface area contributed by atoms with Gasteiger partial charge in [0.25, 0.3) is 0 Å². The molecule has 2 atom stereocenters. The highest BCUT2D eigenvalue weighted by molar-refractivity contribution is 6.31. The molecule has 0 bridgehead atoms. The zero-order valence-corrected chi connectivity index (χ0v) is 17.7. The number of halogens is 1. The average Bonchev–Trinajstić information content (AvgIpc) is 2.71. The predicted molar refractivity (Wildman–Crippen MR) is 113 cm³/mol. The fourth-order valence-electron chi connectivity index (χ4n) is 4.40. The third-order valence-corrected chi connectivity index (χ3v) is 6.63. The Labute approximate surface area is 176 Å². The third-order valence-electron chi connectivity index (χ3n) is 6.22.